The number of rotatable bonds is 7. The lowest BCUT2D eigenvalue weighted by atomic mass is 10.1. The SMILES string of the molecule is O=C(N=Nc1c(O)n(CN2CCCCC2)c2cccc(Cl)c12)c1ccc(OCc2ccccc2)cc1. The third-order valence-corrected chi connectivity index (χ3v) is 6.68. The third-order valence-electron chi connectivity index (χ3n) is 6.37. The van der Waals surface area contributed by atoms with E-state index < -0.39 is 5.91 Å². The molecule has 2 heterocycles. The first-order chi connectivity index (χ1) is 17.6. The van der Waals surface area contributed by atoms with Gasteiger partial charge >= 0.3 is 0 Å². The summed E-state index contributed by atoms with van der Waals surface area (Å²) >= 11 is 6.48. The maximum absolute atomic E-state index is 12.7. The van der Waals surface area contributed by atoms with E-state index in [0.29, 0.717) is 35.0 Å². The van der Waals surface area contributed by atoms with Crippen molar-refractivity contribution in [3.05, 3.63) is 88.9 Å². The van der Waals surface area contributed by atoms with E-state index in [2.05, 4.69) is 15.1 Å². The van der Waals surface area contributed by atoms with Crippen LogP contribution in [0.4, 0.5) is 5.69 Å². The molecule has 8 heteroatoms. The van der Waals surface area contributed by atoms with Gasteiger partial charge in [0.2, 0.25) is 5.88 Å². The number of piperidine rings is 1. The number of carbonyl (C=O) groups excluding carboxylic acids is 1. The topological polar surface area (TPSA) is 79.4 Å². The Morgan fingerprint density at radius 1 is 0.944 bits per heavy atom. The van der Waals surface area contributed by atoms with Crippen LogP contribution in [0.1, 0.15) is 35.2 Å². The van der Waals surface area contributed by atoms with Crippen LogP contribution in [-0.2, 0) is 13.3 Å². The van der Waals surface area contributed by atoms with Crippen molar-refractivity contribution in [1.82, 2.24) is 9.47 Å². The van der Waals surface area contributed by atoms with Gasteiger partial charge in [-0.2, -0.15) is 0 Å². The van der Waals surface area contributed by atoms with Gasteiger partial charge in [-0.3, -0.25) is 14.3 Å². The van der Waals surface area contributed by atoms with E-state index in [1.54, 1.807) is 34.9 Å². The van der Waals surface area contributed by atoms with E-state index in [4.69, 9.17) is 16.3 Å². The van der Waals surface area contributed by atoms with Gasteiger partial charge in [0.15, 0.2) is 5.69 Å². The molecule has 5 rings (SSSR count). The molecule has 4 aromatic rings. The number of fused-ring (bicyclic) bond motifs is 1. The molecule has 0 aliphatic carbocycles. The number of benzene rings is 3. The van der Waals surface area contributed by atoms with Crippen molar-refractivity contribution < 1.29 is 14.6 Å². The molecule has 1 fully saturated rings. The van der Waals surface area contributed by atoms with Crippen molar-refractivity contribution in [3.8, 4) is 11.6 Å². The summed E-state index contributed by atoms with van der Waals surface area (Å²) in [6, 6.07) is 22.1. The molecule has 7 nitrogen and oxygen atoms in total. The summed E-state index contributed by atoms with van der Waals surface area (Å²) in [5, 5.41) is 20.1. The van der Waals surface area contributed by atoms with E-state index in [1.807, 2.05) is 42.5 Å². The van der Waals surface area contributed by atoms with Crippen LogP contribution in [-0.4, -0.2) is 33.6 Å². The Balaban J connectivity index is 1.34. The number of amides is 1. The number of halogens is 1. The second-order valence-electron chi connectivity index (χ2n) is 8.86. The number of azo groups is 1. The Morgan fingerprint density at radius 2 is 1.69 bits per heavy atom. The number of carbonyl (C=O) groups is 1. The lowest BCUT2D eigenvalue weighted by Crippen LogP contribution is -2.31. The largest absolute Gasteiger partial charge is 0.493 e. The summed E-state index contributed by atoms with van der Waals surface area (Å²) in [7, 11) is 0. The molecule has 1 saturated heterocycles. The molecule has 3 aromatic carbocycles. The standard InChI is InChI=1S/C28H27ClN4O3/c29-23-10-7-11-24-25(23)26(28(35)33(24)19-32-16-5-2-6-17-32)30-31-27(34)21-12-14-22(15-13-21)36-18-20-8-3-1-4-9-20/h1,3-4,7-15,35H,2,5-6,16-19H2. The predicted octanol–water partition coefficient (Wildman–Crippen LogP) is 6.95. The molecule has 0 spiro atoms. The van der Waals surface area contributed by atoms with Gasteiger partial charge in [0.25, 0.3) is 5.91 Å². The van der Waals surface area contributed by atoms with E-state index in [9.17, 15) is 9.90 Å². The van der Waals surface area contributed by atoms with E-state index >= 15 is 0 Å². The summed E-state index contributed by atoms with van der Waals surface area (Å²) in [5.74, 6) is 0.0791. The second kappa shape index (κ2) is 10.9. The Bertz CT molecular complexity index is 1380. The van der Waals surface area contributed by atoms with Gasteiger partial charge in [-0.25, -0.2) is 0 Å². The molecule has 0 bridgehead atoms. The molecule has 1 aliphatic heterocycles. The molecule has 1 aliphatic rings. The van der Waals surface area contributed by atoms with Crippen molar-refractivity contribution >= 4 is 34.1 Å². The summed E-state index contributed by atoms with van der Waals surface area (Å²) < 4.78 is 7.56. The molecule has 1 aromatic heterocycles. The van der Waals surface area contributed by atoms with Crippen LogP contribution in [0.5, 0.6) is 11.6 Å². The van der Waals surface area contributed by atoms with Gasteiger partial charge in [-0.05, 0) is 67.9 Å². The highest BCUT2D eigenvalue weighted by Crippen LogP contribution is 2.42. The van der Waals surface area contributed by atoms with Gasteiger partial charge in [-0.15, -0.1) is 10.2 Å². The first kappa shape index (κ1) is 24.0. The minimum atomic E-state index is -0.520. The number of hydrogen-bond acceptors (Lipinski definition) is 5. The first-order valence-electron chi connectivity index (χ1n) is 12.0. The van der Waals surface area contributed by atoms with Gasteiger partial charge < -0.3 is 9.84 Å². The van der Waals surface area contributed by atoms with Gasteiger partial charge in [0.05, 0.1) is 22.6 Å². The summed E-state index contributed by atoms with van der Waals surface area (Å²) in [6.45, 7) is 2.91. The smallest absolute Gasteiger partial charge is 0.295 e. The first-order valence-corrected chi connectivity index (χ1v) is 12.4. The van der Waals surface area contributed by atoms with Crippen LogP contribution in [0.25, 0.3) is 10.9 Å². The van der Waals surface area contributed by atoms with Crippen molar-refractivity contribution in [3.63, 3.8) is 0 Å². The molecular formula is C28H27ClN4O3. The zero-order chi connectivity index (χ0) is 24.9. The quantitative estimate of drug-likeness (QED) is 0.277. The average molecular weight is 503 g/mol. The van der Waals surface area contributed by atoms with Crippen molar-refractivity contribution in [2.24, 2.45) is 10.2 Å². The molecule has 1 amide bonds. The monoisotopic (exact) mass is 502 g/mol. The Kier molecular flexibility index (Phi) is 7.30. The molecule has 0 radical (unpaired) electrons. The molecule has 184 valence electrons. The summed E-state index contributed by atoms with van der Waals surface area (Å²) in [5.41, 5.74) is 2.38. The average Bonchev–Trinajstić information content (AvgIpc) is 3.19. The molecule has 0 atom stereocenters. The fourth-order valence-electron chi connectivity index (χ4n) is 4.45. The highest BCUT2D eigenvalue weighted by molar-refractivity contribution is 6.36. The maximum Gasteiger partial charge on any atom is 0.295 e. The van der Waals surface area contributed by atoms with E-state index in [1.165, 1.54) is 6.42 Å². The zero-order valence-corrected chi connectivity index (χ0v) is 20.6. The number of ether oxygens (including phenoxy) is 1. The Hall–Kier alpha value is -3.68. The van der Waals surface area contributed by atoms with Gasteiger partial charge in [0.1, 0.15) is 12.4 Å². The molecule has 0 saturated carbocycles. The number of nitrogens with zero attached hydrogens (tertiary/aromatic N) is 4. The van der Waals surface area contributed by atoms with Crippen LogP contribution in [0.3, 0.4) is 0 Å². The maximum atomic E-state index is 12.7. The highest BCUT2D eigenvalue weighted by Gasteiger charge is 2.21. The summed E-state index contributed by atoms with van der Waals surface area (Å²) in [6.07, 6.45) is 3.50. The lowest BCUT2D eigenvalue weighted by molar-refractivity contribution is 0.0995. The van der Waals surface area contributed by atoms with Crippen molar-refractivity contribution in [2.45, 2.75) is 32.5 Å². The van der Waals surface area contributed by atoms with Crippen LogP contribution in [0.15, 0.2) is 83.0 Å². The minimum Gasteiger partial charge on any atom is -0.493 e. The van der Waals surface area contributed by atoms with Crippen molar-refractivity contribution in [2.75, 3.05) is 13.1 Å². The van der Waals surface area contributed by atoms with Crippen LogP contribution < -0.4 is 4.74 Å². The lowest BCUT2D eigenvalue weighted by Gasteiger charge is -2.27. The predicted molar refractivity (Wildman–Crippen MR) is 140 cm³/mol. The van der Waals surface area contributed by atoms with E-state index in [-0.39, 0.29) is 11.6 Å². The zero-order valence-electron chi connectivity index (χ0n) is 19.8. The number of hydrogen-bond donors (Lipinski definition) is 1. The van der Waals surface area contributed by atoms with Crippen LogP contribution >= 0.6 is 11.6 Å². The fraction of sp³-hybridized carbons (Fsp3) is 0.250. The Labute approximate surface area is 214 Å². The van der Waals surface area contributed by atoms with Gasteiger partial charge in [0, 0.05) is 5.56 Å². The van der Waals surface area contributed by atoms with Crippen LogP contribution in [0.2, 0.25) is 5.02 Å². The second-order valence-corrected chi connectivity index (χ2v) is 9.27. The van der Waals surface area contributed by atoms with Crippen LogP contribution in [0, 0.1) is 0 Å². The third kappa shape index (κ3) is 5.27. The minimum absolute atomic E-state index is 0.0510. The van der Waals surface area contributed by atoms with Gasteiger partial charge in [-0.1, -0.05) is 54.4 Å². The Morgan fingerprint density at radius 3 is 2.44 bits per heavy atom. The molecular weight excluding hydrogens is 476 g/mol. The normalized spacial score (nSPS) is 14.5. The van der Waals surface area contributed by atoms with Crippen molar-refractivity contribution in [1.29, 1.82) is 0 Å². The summed E-state index contributed by atoms with van der Waals surface area (Å²) in [4.78, 5) is 15.0. The molecule has 1 N–H and O–H groups in total. The number of aromatic hydroxyl groups is 1. The molecule has 36 heavy (non-hydrogen) atoms. The van der Waals surface area contributed by atoms with E-state index in [0.717, 1.165) is 37.0 Å². The fourth-order valence-corrected chi connectivity index (χ4v) is 4.71. The highest BCUT2D eigenvalue weighted by atomic mass is 35.5. The molecule has 0 unspecified atom stereocenters. The number of likely N-dealkylation sites (tertiary alicyclic amines) is 1. The number of aromatic nitrogens is 1.